The van der Waals surface area contributed by atoms with E-state index in [9.17, 15) is 14.7 Å². The van der Waals surface area contributed by atoms with Crippen LogP contribution in [0.5, 0.6) is 0 Å². The van der Waals surface area contributed by atoms with Crippen molar-refractivity contribution in [1.29, 1.82) is 5.41 Å². The molecule has 1 saturated heterocycles. The van der Waals surface area contributed by atoms with Gasteiger partial charge in [0.25, 0.3) is 5.91 Å². The molecule has 1 aliphatic heterocycles. The molecule has 0 radical (unpaired) electrons. The Morgan fingerprint density at radius 2 is 1.85 bits per heavy atom. The summed E-state index contributed by atoms with van der Waals surface area (Å²) in [5.74, 6) is 0.345. The van der Waals surface area contributed by atoms with Gasteiger partial charge < -0.3 is 15.7 Å². The maximum Gasteiger partial charge on any atom is 0.251 e. The summed E-state index contributed by atoms with van der Waals surface area (Å²) >= 11 is 0. The smallest absolute Gasteiger partial charge is 0.251 e. The molecule has 41 heavy (non-hydrogen) atoms. The summed E-state index contributed by atoms with van der Waals surface area (Å²) in [6, 6.07) is 24.4. The van der Waals surface area contributed by atoms with Gasteiger partial charge in [-0.15, -0.1) is 0 Å². The molecule has 7 heteroatoms. The van der Waals surface area contributed by atoms with Crippen LogP contribution in [0.25, 0.3) is 0 Å². The second-order valence-electron chi connectivity index (χ2n) is 11.9. The van der Waals surface area contributed by atoms with Crippen molar-refractivity contribution in [3.63, 3.8) is 0 Å². The molecule has 2 aliphatic carbocycles. The molecule has 4 atom stereocenters. The molecule has 1 unspecified atom stereocenters. The normalized spacial score (nSPS) is 24.5. The third kappa shape index (κ3) is 5.38. The number of hydrogen-bond donors (Lipinski definition) is 4. The summed E-state index contributed by atoms with van der Waals surface area (Å²) in [6.07, 6.45) is 4.77. The zero-order valence-corrected chi connectivity index (χ0v) is 23.5. The van der Waals surface area contributed by atoms with E-state index in [0.717, 1.165) is 47.9 Å². The monoisotopic (exact) mass is 550 g/mol. The fourth-order valence-corrected chi connectivity index (χ4v) is 6.69. The molecule has 1 heterocycles. The Labute approximate surface area is 241 Å². The summed E-state index contributed by atoms with van der Waals surface area (Å²) in [5, 5.41) is 26.2. The summed E-state index contributed by atoms with van der Waals surface area (Å²) in [7, 11) is 0. The third-order valence-corrected chi connectivity index (χ3v) is 8.88. The maximum atomic E-state index is 13.9. The molecule has 3 aromatic carbocycles. The Bertz CT molecular complexity index is 1430. The van der Waals surface area contributed by atoms with Crippen molar-refractivity contribution in [3.05, 3.63) is 107 Å². The van der Waals surface area contributed by atoms with Crippen molar-refractivity contribution in [2.24, 2.45) is 5.92 Å². The topological polar surface area (TPSA) is 106 Å². The number of carbonyl (C=O) groups is 2. The first-order valence-corrected chi connectivity index (χ1v) is 14.8. The molecule has 3 aliphatic rings. The minimum absolute atomic E-state index is 0.0720. The summed E-state index contributed by atoms with van der Waals surface area (Å²) in [6.45, 7) is 2.06. The third-order valence-electron chi connectivity index (χ3n) is 8.88. The highest BCUT2D eigenvalue weighted by atomic mass is 16.3. The highest BCUT2D eigenvalue weighted by Gasteiger charge is 2.47. The average molecular weight is 551 g/mol. The van der Waals surface area contributed by atoms with Gasteiger partial charge >= 0.3 is 0 Å². The quantitative estimate of drug-likeness (QED) is 0.288. The number of nitrogens with one attached hydrogen (secondary N) is 3. The standard InChI is InChI=1S/C34H38N4O3/c1-2-9-28(38-30(40)21-34(37-33(38)35,20-22-16-17-22)26-13-4-3-5-14-26)24-11-8-12-25(18-24)32(41)36-31-27-15-7-6-10-23(27)19-29(31)39/h3-8,10-15,18,22,28-29,31,39H,2,9,16-17,19-21H2,1H3,(H2,35,37)(H,36,41)/t28?,29-,31-,34-/m1/s1. The molecule has 1 saturated carbocycles. The van der Waals surface area contributed by atoms with E-state index in [2.05, 4.69) is 29.7 Å². The minimum atomic E-state index is -0.676. The zero-order valence-electron chi connectivity index (χ0n) is 23.5. The maximum absolute atomic E-state index is 13.9. The van der Waals surface area contributed by atoms with Crippen LogP contribution in [0.15, 0.2) is 78.9 Å². The number of rotatable bonds is 9. The second kappa shape index (κ2) is 11.1. The Balaban J connectivity index is 1.25. The molecule has 0 bridgehead atoms. The molecule has 212 valence electrons. The van der Waals surface area contributed by atoms with Crippen LogP contribution in [0, 0.1) is 11.3 Å². The summed E-state index contributed by atoms with van der Waals surface area (Å²) < 4.78 is 0. The number of aliphatic hydroxyl groups excluding tert-OH is 1. The number of guanidine groups is 1. The molecule has 0 aromatic heterocycles. The van der Waals surface area contributed by atoms with E-state index in [-0.39, 0.29) is 30.2 Å². The van der Waals surface area contributed by atoms with Gasteiger partial charge in [0.05, 0.1) is 30.1 Å². The van der Waals surface area contributed by atoms with Gasteiger partial charge in [0.2, 0.25) is 5.91 Å². The molecular weight excluding hydrogens is 512 g/mol. The van der Waals surface area contributed by atoms with Crippen molar-refractivity contribution < 1.29 is 14.7 Å². The van der Waals surface area contributed by atoms with Crippen LogP contribution in [0.4, 0.5) is 0 Å². The van der Waals surface area contributed by atoms with E-state index < -0.39 is 17.7 Å². The van der Waals surface area contributed by atoms with Crippen LogP contribution in [0.3, 0.4) is 0 Å². The molecule has 6 rings (SSSR count). The van der Waals surface area contributed by atoms with Gasteiger partial charge in [0, 0.05) is 12.0 Å². The van der Waals surface area contributed by atoms with Crippen LogP contribution in [-0.2, 0) is 16.8 Å². The van der Waals surface area contributed by atoms with E-state index in [0.29, 0.717) is 24.3 Å². The van der Waals surface area contributed by atoms with E-state index >= 15 is 0 Å². The lowest BCUT2D eigenvalue weighted by Gasteiger charge is -2.46. The summed E-state index contributed by atoms with van der Waals surface area (Å²) in [5.41, 5.74) is 3.75. The van der Waals surface area contributed by atoms with E-state index in [1.807, 2.05) is 60.7 Å². The molecule has 4 N–H and O–H groups in total. The van der Waals surface area contributed by atoms with Gasteiger partial charge in [-0.25, -0.2) is 0 Å². The first-order valence-electron chi connectivity index (χ1n) is 14.8. The first kappa shape index (κ1) is 27.2. The number of nitrogens with zero attached hydrogens (tertiary/aromatic N) is 1. The summed E-state index contributed by atoms with van der Waals surface area (Å²) in [4.78, 5) is 28.9. The number of carbonyl (C=O) groups excluding carboxylic acids is 2. The number of benzene rings is 3. The molecular formula is C34H38N4O3. The number of amides is 2. The highest BCUT2D eigenvalue weighted by Crippen LogP contribution is 2.45. The van der Waals surface area contributed by atoms with E-state index in [1.165, 1.54) is 0 Å². The lowest BCUT2D eigenvalue weighted by Crippen LogP contribution is -2.61. The zero-order chi connectivity index (χ0) is 28.6. The van der Waals surface area contributed by atoms with Gasteiger partial charge in [-0.3, -0.25) is 19.9 Å². The number of hydrogen-bond acceptors (Lipinski definition) is 4. The highest BCUT2D eigenvalue weighted by molar-refractivity contribution is 6.00. The number of fused-ring (bicyclic) bond motifs is 1. The van der Waals surface area contributed by atoms with Crippen LogP contribution >= 0.6 is 0 Å². The van der Waals surface area contributed by atoms with Crippen LogP contribution < -0.4 is 10.6 Å². The Kier molecular flexibility index (Phi) is 7.39. The predicted octanol–water partition coefficient (Wildman–Crippen LogP) is 5.37. The molecule has 7 nitrogen and oxygen atoms in total. The Hall–Kier alpha value is -3.97. The fourth-order valence-electron chi connectivity index (χ4n) is 6.69. The second-order valence-corrected chi connectivity index (χ2v) is 11.9. The van der Waals surface area contributed by atoms with Gasteiger partial charge in [-0.2, -0.15) is 0 Å². The fraction of sp³-hybridized carbons (Fsp3) is 0.382. The lowest BCUT2D eigenvalue weighted by atomic mass is 9.79. The molecule has 2 fully saturated rings. The number of aliphatic hydroxyl groups is 1. The molecule has 2 amide bonds. The molecule has 0 spiro atoms. The van der Waals surface area contributed by atoms with E-state index in [1.54, 1.807) is 11.0 Å². The van der Waals surface area contributed by atoms with Crippen molar-refractivity contribution in [1.82, 2.24) is 15.5 Å². The molecule has 3 aromatic rings. The lowest BCUT2D eigenvalue weighted by molar-refractivity contribution is -0.133. The first-order chi connectivity index (χ1) is 19.9. The SMILES string of the molecule is CCCC(c1cccc(C(=O)N[C@@H]2c3ccccc3C[C@H]2O)c1)N1C(=N)N[C@@](CC2CC2)(c2ccccc2)CC1=O. The predicted molar refractivity (Wildman–Crippen MR) is 158 cm³/mol. The van der Waals surface area contributed by atoms with Crippen molar-refractivity contribution >= 4 is 17.8 Å². The van der Waals surface area contributed by atoms with Crippen molar-refractivity contribution in [3.8, 4) is 0 Å². The van der Waals surface area contributed by atoms with Crippen molar-refractivity contribution in [2.75, 3.05) is 0 Å². The van der Waals surface area contributed by atoms with Crippen molar-refractivity contribution in [2.45, 2.75) is 75.6 Å². The Morgan fingerprint density at radius 1 is 1.10 bits per heavy atom. The van der Waals surface area contributed by atoms with Gasteiger partial charge in [0.15, 0.2) is 5.96 Å². The van der Waals surface area contributed by atoms with Gasteiger partial charge in [0.1, 0.15) is 0 Å². The minimum Gasteiger partial charge on any atom is -0.390 e. The van der Waals surface area contributed by atoms with Crippen LogP contribution in [0.1, 0.15) is 90.1 Å². The largest absolute Gasteiger partial charge is 0.390 e. The van der Waals surface area contributed by atoms with E-state index in [4.69, 9.17) is 5.41 Å². The Morgan fingerprint density at radius 3 is 2.59 bits per heavy atom. The van der Waals surface area contributed by atoms with Gasteiger partial charge in [-0.1, -0.05) is 92.9 Å². The van der Waals surface area contributed by atoms with Crippen LogP contribution in [-0.4, -0.2) is 33.9 Å². The average Bonchev–Trinajstić information content (AvgIpc) is 3.73. The van der Waals surface area contributed by atoms with Gasteiger partial charge in [-0.05, 0) is 53.1 Å². The van der Waals surface area contributed by atoms with Crippen LogP contribution in [0.2, 0.25) is 0 Å².